The van der Waals surface area contributed by atoms with E-state index in [0.29, 0.717) is 0 Å². The number of amidine groups is 1. The molecule has 0 aromatic heterocycles. The third-order valence-corrected chi connectivity index (χ3v) is 3.99. The second-order valence-electron chi connectivity index (χ2n) is 6.20. The van der Waals surface area contributed by atoms with Gasteiger partial charge in [-0.15, -0.1) is 0 Å². The van der Waals surface area contributed by atoms with Crippen LogP contribution in [-0.2, 0) is 6.54 Å². The monoisotopic (exact) mass is 259 g/mol. The van der Waals surface area contributed by atoms with E-state index in [1.54, 1.807) is 0 Å². The van der Waals surface area contributed by atoms with E-state index in [4.69, 9.17) is 11.1 Å². The van der Waals surface area contributed by atoms with Gasteiger partial charge in [-0.05, 0) is 42.4 Å². The van der Waals surface area contributed by atoms with E-state index in [9.17, 15) is 0 Å². The molecule has 0 radical (unpaired) electrons. The molecule has 19 heavy (non-hydrogen) atoms. The number of benzene rings is 1. The lowest BCUT2D eigenvalue weighted by Gasteiger charge is -2.35. The summed E-state index contributed by atoms with van der Waals surface area (Å²) in [5, 5.41) is 7.48. The zero-order valence-corrected chi connectivity index (χ0v) is 12.2. The number of likely N-dealkylation sites (tertiary alicyclic amines) is 1. The lowest BCUT2D eigenvalue weighted by molar-refractivity contribution is 0.134. The van der Waals surface area contributed by atoms with Crippen LogP contribution in [-0.4, -0.2) is 23.8 Å². The summed E-state index contributed by atoms with van der Waals surface area (Å²) >= 11 is 0. The highest BCUT2D eigenvalue weighted by molar-refractivity contribution is 5.95. The first kappa shape index (κ1) is 14.1. The largest absolute Gasteiger partial charge is 0.384 e. The van der Waals surface area contributed by atoms with Crippen LogP contribution >= 0.6 is 0 Å². The molecule has 1 aliphatic rings. The summed E-state index contributed by atoms with van der Waals surface area (Å²) in [6.07, 6.45) is 1.35. The maximum Gasteiger partial charge on any atom is 0.122 e. The Morgan fingerprint density at radius 2 is 1.95 bits per heavy atom. The number of nitrogens with one attached hydrogen (secondary N) is 1. The zero-order chi connectivity index (χ0) is 14.0. The normalized spacial score (nSPS) is 24.4. The Hall–Kier alpha value is -1.35. The van der Waals surface area contributed by atoms with E-state index in [1.807, 2.05) is 12.1 Å². The molecule has 0 saturated carbocycles. The molecule has 2 unspecified atom stereocenters. The number of piperidine rings is 1. The average molecular weight is 259 g/mol. The summed E-state index contributed by atoms with van der Waals surface area (Å²) in [5.41, 5.74) is 8.94. The molecule has 3 N–H and O–H groups in total. The highest BCUT2D eigenvalue weighted by Gasteiger charge is 2.22. The van der Waals surface area contributed by atoms with Crippen LogP contribution in [0.4, 0.5) is 0 Å². The summed E-state index contributed by atoms with van der Waals surface area (Å²) in [6, 6.07) is 6.10. The minimum absolute atomic E-state index is 0.148. The van der Waals surface area contributed by atoms with Gasteiger partial charge in [-0.3, -0.25) is 10.3 Å². The predicted molar refractivity (Wildman–Crippen MR) is 80.4 cm³/mol. The number of hydrogen-bond donors (Lipinski definition) is 2. The molecule has 3 nitrogen and oxygen atoms in total. The van der Waals surface area contributed by atoms with Gasteiger partial charge in [0, 0.05) is 25.2 Å². The molecule has 0 spiro atoms. The second kappa shape index (κ2) is 5.74. The topological polar surface area (TPSA) is 53.1 Å². The van der Waals surface area contributed by atoms with E-state index in [1.165, 1.54) is 30.6 Å². The van der Waals surface area contributed by atoms with Crippen molar-refractivity contribution in [2.45, 2.75) is 33.7 Å². The van der Waals surface area contributed by atoms with Gasteiger partial charge in [0.2, 0.25) is 0 Å². The third-order valence-electron chi connectivity index (χ3n) is 3.99. The molecule has 1 aromatic rings. The van der Waals surface area contributed by atoms with Crippen molar-refractivity contribution in [2.75, 3.05) is 13.1 Å². The van der Waals surface area contributed by atoms with Crippen LogP contribution in [0.3, 0.4) is 0 Å². The predicted octanol–water partition coefficient (Wildman–Crippen LogP) is 2.76. The fourth-order valence-corrected chi connectivity index (χ4v) is 3.20. The van der Waals surface area contributed by atoms with Crippen LogP contribution in [0.1, 0.15) is 37.0 Å². The van der Waals surface area contributed by atoms with Gasteiger partial charge in [0.15, 0.2) is 0 Å². The number of nitrogens with two attached hydrogens (primary N) is 1. The molecule has 1 aromatic carbocycles. The third kappa shape index (κ3) is 3.57. The highest BCUT2D eigenvalue weighted by atomic mass is 15.1. The molecule has 1 aliphatic heterocycles. The molecule has 2 rings (SSSR count). The summed E-state index contributed by atoms with van der Waals surface area (Å²) in [6.45, 7) is 10.2. The van der Waals surface area contributed by atoms with E-state index >= 15 is 0 Å². The van der Waals surface area contributed by atoms with Gasteiger partial charge in [0.05, 0.1) is 0 Å². The van der Waals surface area contributed by atoms with Gasteiger partial charge in [-0.1, -0.05) is 26.0 Å². The quantitative estimate of drug-likeness (QED) is 0.648. The van der Waals surface area contributed by atoms with Gasteiger partial charge in [0.1, 0.15) is 5.84 Å². The van der Waals surface area contributed by atoms with Gasteiger partial charge in [-0.2, -0.15) is 0 Å². The Balaban J connectivity index is 2.08. The Morgan fingerprint density at radius 3 is 2.47 bits per heavy atom. The van der Waals surface area contributed by atoms with E-state index in [-0.39, 0.29) is 5.84 Å². The first-order valence-corrected chi connectivity index (χ1v) is 7.12. The molecule has 104 valence electrons. The van der Waals surface area contributed by atoms with Crippen molar-refractivity contribution in [1.29, 1.82) is 5.41 Å². The molecule has 0 amide bonds. The molecule has 1 saturated heterocycles. The number of nitrogens with zero attached hydrogens (tertiary/aromatic N) is 1. The average Bonchev–Trinajstić information content (AvgIpc) is 2.30. The number of nitrogen functional groups attached to an aromatic ring is 1. The maximum absolute atomic E-state index is 7.48. The van der Waals surface area contributed by atoms with Crippen molar-refractivity contribution in [3.8, 4) is 0 Å². The summed E-state index contributed by atoms with van der Waals surface area (Å²) in [4.78, 5) is 2.55. The van der Waals surface area contributed by atoms with Crippen molar-refractivity contribution in [3.63, 3.8) is 0 Å². The number of rotatable bonds is 3. The van der Waals surface area contributed by atoms with Gasteiger partial charge in [0.25, 0.3) is 0 Å². The summed E-state index contributed by atoms with van der Waals surface area (Å²) in [7, 11) is 0. The Kier molecular flexibility index (Phi) is 4.25. The lowest BCUT2D eigenvalue weighted by Crippen LogP contribution is -2.38. The molecular formula is C16H25N3. The Morgan fingerprint density at radius 1 is 1.32 bits per heavy atom. The lowest BCUT2D eigenvalue weighted by atomic mass is 9.91. The fraction of sp³-hybridized carbons (Fsp3) is 0.562. The minimum atomic E-state index is 0.148. The Bertz CT molecular complexity index is 457. The van der Waals surface area contributed by atoms with Crippen LogP contribution in [0.5, 0.6) is 0 Å². The van der Waals surface area contributed by atoms with Crippen molar-refractivity contribution >= 4 is 5.84 Å². The van der Waals surface area contributed by atoms with Crippen molar-refractivity contribution in [1.82, 2.24) is 4.90 Å². The van der Waals surface area contributed by atoms with Crippen molar-refractivity contribution in [2.24, 2.45) is 17.6 Å². The molecule has 0 bridgehead atoms. The molecule has 1 fully saturated rings. The van der Waals surface area contributed by atoms with Crippen LogP contribution in [0, 0.1) is 24.2 Å². The maximum atomic E-state index is 7.48. The smallest absolute Gasteiger partial charge is 0.122 e. The van der Waals surface area contributed by atoms with Gasteiger partial charge in [-0.25, -0.2) is 0 Å². The van der Waals surface area contributed by atoms with Crippen LogP contribution in [0.2, 0.25) is 0 Å². The highest BCUT2D eigenvalue weighted by Crippen LogP contribution is 2.23. The fourth-order valence-electron chi connectivity index (χ4n) is 3.20. The Labute approximate surface area is 116 Å². The second-order valence-corrected chi connectivity index (χ2v) is 6.20. The SMILES string of the molecule is Cc1cc(C(=N)N)ccc1CN1CC(C)CC(C)C1. The first-order chi connectivity index (χ1) is 8.95. The standard InChI is InChI=1S/C16H25N3/c1-11-6-12(2)9-19(8-11)10-15-5-4-14(16(17)18)7-13(15)3/h4-5,7,11-12H,6,8-10H2,1-3H3,(H3,17,18). The molecule has 0 aliphatic carbocycles. The van der Waals surface area contributed by atoms with Gasteiger partial charge < -0.3 is 5.73 Å². The minimum Gasteiger partial charge on any atom is -0.384 e. The summed E-state index contributed by atoms with van der Waals surface area (Å²) < 4.78 is 0. The van der Waals surface area contributed by atoms with Crippen LogP contribution < -0.4 is 5.73 Å². The van der Waals surface area contributed by atoms with E-state index in [2.05, 4.69) is 31.7 Å². The summed E-state index contributed by atoms with van der Waals surface area (Å²) in [5.74, 6) is 1.73. The molecular weight excluding hydrogens is 234 g/mol. The van der Waals surface area contributed by atoms with E-state index in [0.717, 1.165) is 23.9 Å². The molecule has 3 heteroatoms. The first-order valence-electron chi connectivity index (χ1n) is 7.12. The van der Waals surface area contributed by atoms with E-state index < -0.39 is 0 Å². The van der Waals surface area contributed by atoms with Crippen molar-refractivity contribution in [3.05, 3.63) is 34.9 Å². The molecule has 1 heterocycles. The van der Waals surface area contributed by atoms with Gasteiger partial charge >= 0.3 is 0 Å². The number of aryl methyl sites for hydroxylation is 1. The zero-order valence-electron chi connectivity index (χ0n) is 12.2. The number of hydrogen-bond acceptors (Lipinski definition) is 2. The van der Waals surface area contributed by atoms with Crippen LogP contribution in [0.15, 0.2) is 18.2 Å². The molecule has 2 atom stereocenters. The van der Waals surface area contributed by atoms with Crippen molar-refractivity contribution < 1.29 is 0 Å². The van der Waals surface area contributed by atoms with Crippen LogP contribution in [0.25, 0.3) is 0 Å².